The number of rotatable bonds is 17. The van der Waals surface area contributed by atoms with E-state index in [1.165, 1.54) is 0 Å². The second kappa shape index (κ2) is 16.9. The molecular formula is C33H41N3O7. The Morgan fingerprint density at radius 2 is 1.60 bits per heavy atom. The van der Waals surface area contributed by atoms with E-state index < -0.39 is 30.1 Å². The number of aliphatic hydroxyl groups is 1. The van der Waals surface area contributed by atoms with E-state index >= 15 is 0 Å². The highest BCUT2D eigenvalue weighted by Crippen LogP contribution is 2.44. The topological polar surface area (TPSA) is 143 Å². The van der Waals surface area contributed by atoms with Crippen LogP contribution in [0.2, 0.25) is 0 Å². The largest absolute Gasteiger partial charge is 0.462 e. The number of carbonyl (C=O) groups excluding carboxylic acids is 4. The molecule has 0 aliphatic heterocycles. The number of amides is 3. The highest BCUT2D eigenvalue weighted by Gasteiger charge is 2.30. The highest BCUT2D eigenvalue weighted by molar-refractivity contribution is 5.86. The Balaban J connectivity index is 1.48. The van der Waals surface area contributed by atoms with Gasteiger partial charge in [0, 0.05) is 18.4 Å². The van der Waals surface area contributed by atoms with E-state index in [9.17, 15) is 19.2 Å². The molecule has 4 N–H and O–H groups in total. The molecule has 10 nitrogen and oxygen atoms in total. The number of carbonyl (C=O) groups is 4. The van der Waals surface area contributed by atoms with E-state index in [0.29, 0.717) is 6.42 Å². The number of alkyl carbamates (subject to hydrolysis) is 1. The minimum atomic E-state index is -0.963. The lowest BCUT2D eigenvalue weighted by molar-refractivity contribution is -0.146. The second-order valence-corrected chi connectivity index (χ2v) is 10.4. The van der Waals surface area contributed by atoms with Gasteiger partial charge in [-0.2, -0.15) is 0 Å². The molecule has 0 spiro atoms. The van der Waals surface area contributed by atoms with E-state index in [1.54, 1.807) is 19.1 Å². The Morgan fingerprint density at radius 3 is 2.21 bits per heavy atom. The fraction of sp³-hybridized carbons (Fsp3) is 0.394. The SMILES string of the molecule is C=CCC[C@H](NC(=O)OCC1c2ccccc2-c2ccccc21)C(=O)OCCNC(=O)[C@@H](CC=C)CC(=O)N[C@H](C)CO. The average molecular weight is 592 g/mol. The summed E-state index contributed by atoms with van der Waals surface area (Å²) in [5.41, 5.74) is 4.39. The lowest BCUT2D eigenvalue weighted by Gasteiger charge is -2.19. The molecule has 0 bridgehead atoms. The third-order valence-electron chi connectivity index (χ3n) is 7.16. The fourth-order valence-corrected chi connectivity index (χ4v) is 4.97. The lowest BCUT2D eigenvalue weighted by atomic mass is 9.98. The third-order valence-corrected chi connectivity index (χ3v) is 7.16. The molecule has 230 valence electrons. The molecule has 0 heterocycles. The van der Waals surface area contributed by atoms with Crippen molar-refractivity contribution in [2.45, 2.75) is 50.6 Å². The average Bonchev–Trinajstić information content (AvgIpc) is 3.33. The molecule has 0 fully saturated rings. The lowest BCUT2D eigenvalue weighted by Crippen LogP contribution is -2.43. The molecule has 1 aliphatic carbocycles. The van der Waals surface area contributed by atoms with Crippen LogP contribution < -0.4 is 16.0 Å². The van der Waals surface area contributed by atoms with E-state index in [2.05, 4.69) is 29.1 Å². The molecule has 3 amide bonds. The molecule has 0 radical (unpaired) electrons. The van der Waals surface area contributed by atoms with Crippen LogP contribution in [-0.2, 0) is 23.9 Å². The molecule has 0 saturated heterocycles. The van der Waals surface area contributed by atoms with Crippen LogP contribution in [0.25, 0.3) is 11.1 Å². The minimum absolute atomic E-state index is 0.0198. The number of aliphatic hydroxyl groups excluding tert-OH is 1. The van der Waals surface area contributed by atoms with Gasteiger partial charge in [-0.25, -0.2) is 9.59 Å². The maximum atomic E-state index is 12.8. The molecule has 0 aromatic heterocycles. The van der Waals surface area contributed by atoms with Crippen molar-refractivity contribution >= 4 is 23.9 Å². The first kappa shape index (κ1) is 33.1. The molecule has 10 heteroatoms. The third kappa shape index (κ3) is 9.54. The predicted molar refractivity (Wildman–Crippen MR) is 163 cm³/mol. The molecule has 2 aromatic carbocycles. The maximum absolute atomic E-state index is 12.8. The molecule has 2 aromatic rings. The number of hydrogen-bond acceptors (Lipinski definition) is 7. The Labute approximate surface area is 252 Å². The van der Waals surface area contributed by atoms with Crippen molar-refractivity contribution in [3.05, 3.63) is 85.0 Å². The van der Waals surface area contributed by atoms with Crippen molar-refractivity contribution in [2.24, 2.45) is 5.92 Å². The number of benzene rings is 2. The Morgan fingerprint density at radius 1 is 0.953 bits per heavy atom. The molecule has 3 rings (SSSR count). The van der Waals surface area contributed by atoms with Gasteiger partial charge in [0.15, 0.2) is 0 Å². The van der Waals surface area contributed by atoms with Crippen LogP contribution in [0, 0.1) is 5.92 Å². The summed E-state index contributed by atoms with van der Waals surface area (Å²) in [7, 11) is 0. The van der Waals surface area contributed by atoms with Gasteiger partial charge in [-0.1, -0.05) is 60.7 Å². The number of hydrogen-bond donors (Lipinski definition) is 4. The van der Waals surface area contributed by atoms with Crippen LogP contribution in [0.1, 0.15) is 49.7 Å². The van der Waals surface area contributed by atoms with E-state index in [1.807, 2.05) is 48.5 Å². The minimum Gasteiger partial charge on any atom is -0.462 e. The molecule has 43 heavy (non-hydrogen) atoms. The van der Waals surface area contributed by atoms with Crippen LogP contribution >= 0.6 is 0 Å². The van der Waals surface area contributed by atoms with Crippen molar-refractivity contribution in [3.63, 3.8) is 0 Å². The van der Waals surface area contributed by atoms with Crippen LogP contribution in [0.5, 0.6) is 0 Å². The van der Waals surface area contributed by atoms with Gasteiger partial charge in [0.2, 0.25) is 11.8 Å². The molecule has 1 aliphatic rings. The fourth-order valence-electron chi connectivity index (χ4n) is 4.97. The van der Waals surface area contributed by atoms with Gasteiger partial charge in [0.25, 0.3) is 0 Å². The van der Waals surface area contributed by atoms with Gasteiger partial charge < -0.3 is 30.5 Å². The van der Waals surface area contributed by atoms with E-state index in [4.69, 9.17) is 14.6 Å². The summed E-state index contributed by atoms with van der Waals surface area (Å²) >= 11 is 0. The molecule has 0 unspecified atom stereocenters. The zero-order chi connectivity index (χ0) is 31.2. The first-order chi connectivity index (χ1) is 20.8. The number of esters is 1. The second-order valence-electron chi connectivity index (χ2n) is 10.4. The molecule has 0 saturated carbocycles. The molecule has 3 atom stereocenters. The monoisotopic (exact) mass is 591 g/mol. The summed E-state index contributed by atoms with van der Waals surface area (Å²) in [6.07, 6.45) is 3.38. The summed E-state index contributed by atoms with van der Waals surface area (Å²) < 4.78 is 10.9. The first-order valence-electron chi connectivity index (χ1n) is 14.5. The van der Waals surface area contributed by atoms with Crippen LogP contribution in [0.3, 0.4) is 0 Å². The standard InChI is InChI=1S/C33H41N3O7/c1-4-6-16-29(32(40)42-18-17-34-31(39)23(11-5-2)19-30(38)35-22(3)20-37)36-33(41)43-21-28-26-14-9-7-12-24(26)25-13-8-10-15-27(25)28/h4-5,7-10,12-15,22-23,28-29,37H,1-2,6,11,16-21H2,3H3,(H,34,39)(H,35,38)(H,36,41)/t22-,23+,29+/m1/s1. The summed E-state index contributed by atoms with van der Waals surface area (Å²) in [6, 6.07) is 14.6. The number of ether oxygens (including phenoxy) is 2. The van der Waals surface area contributed by atoms with Gasteiger partial charge in [0.1, 0.15) is 19.3 Å². The van der Waals surface area contributed by atoms with E-state index in [0.717, 1.165) is 22.3 Å². The highest BCUT2D eigenvalue weighted by atomic mass is 16.6. The van der Waals surface area contributed by atoms with Gasteiger partial charge in [0.05, 0.1) is 19.1 Å². The smallest absolute Gasteiger partial charge is 0.407 e. The van der Waals surface area contributed by atoms with Crippen LogP contribution in [-0.4, -0.2) is 67.4 Å². The summed E-state index contributed by atoms with van der Waals surface area (Å²) in [4.78, 5) is 50.3. The maximum Gasteiger partial charge on any atom is 0.407 e. The quantitative estimate of drug-likeness (QED) is 0.125. The van der Waals surface area contributed by atoms with Crippen molar-refractivity contribution in [3.8, 4) is 11.1 Å². The zero-order valence-electron chi connectivity index (χ0n) is 24.6. The normalized spacial score (nSPS) is 13.8. The predicted octanol–water partition coefficient (Wildman–Crippen LogP) is 3.60. The number of fused-ring (bicyclic) bond motifs is 3. The Bertz CT molecular complexity index is 1250. The zero-order valence-corrected chi connectivity index (χ0v) is 24.6. The Kier molecular flexibility index (Phi) is 13.0. The van der Waals surface area contributed by atoms with Crippen molar-refractivity contribution in [2.75, 3.05) is 26.4 Å². The number of nitrogens with one attached hydrogen (secondary N) is 3. The van der Waals surface area contributed by atoms with Gasteiger partial charge in [-0.15, -0.1) is 13.2 Å². The summed E-state index contributed by atoms with van der Waals surface area (Å²) in [5, 5.41) is 17.0. The molecular weight excluding hydrogens is 550 g/mol. The first-order valence-corrected chi connectivity index (χ1v) is 14.5. The summed E-state index contributed by atoms with van der Waals surface area (Å²) in [5.74, 6) is -2.18. The van der Waals surface area contributed by atoms with Gasteiger partial charge in [-0.05, 0) is 48.4 Å². The van der Waals surface area contributed by atoms with Gasteiger partial charge >= 0.3 is 12.1 Å². The van der Waals surface area contributed by atoms with E-state index in [-0.39, 0.29) is 63.4 Å². The van der Waals surface area contributed by atoms with Crippen molar-refractivity contribution in [1.29, 1.82) is 0 Å². The van der Waals surface area contributed by atoms with Gasteiger partial charge in [-0.3, -0.25) is 9.59 Å². The van der Waals surface area contributed by atoms with Crippen molar-refractivity contribution < 1.29 is 33.8 Å². The Hall–Kier alpha value is -4.44. The van der Waals surface area contributed by atoms with Crippen LogP contribution in [0.15, 0.2) is 73.8 Å². The van der Waals surface area contributed by atoms with Crippen molar-refractivity contribution in [1.82, 2.24) is 16.0 Å². The van der Waals surface area contributed by atoms with Crippen LogP contribution in [0.4, 0.5) is 4.79 Å². The number of allylic oxidation sites excluding steroid dienone is 2. The summed E-state index contributed by atoms with van der Waals surface area (Å²) in [6.45, 7) is 8.76.